The fourth-order valence-corrected chi connectivity index (χ4v) is 4.65. The summed E-state index contributed by atoms with van der Waals surface area (Å²) in [6.07, 6.45) is 0. The van der Waals surface area contributed by atoms with Crippen LogP contribution < -0.4 is 9.80 Å². The molecule has 9 nitrogen and oxygen atoms in total. The largest absolute Gasteiger partial charge is 0.289 e. The number of hydrogen-bond acceptors (Lipinski definition) is 7. The number of carbonyl (C=O) groups is 5. The Morgan fingerprint density at radius 2 is 0.947 bits per heavy atom. The van der Waals surface area contributed by atoms with Crippen molar-refractivity contribution < 1.29 is 24.0 Å². The van der Waals surface area contributed by atoms with E-state index < -0.39 is 29.4 Å². The van der Waals surface area contributed by atoms with Crippen molar-refractivity contribution in [2.75, 3.05) is 9.80 Å². The molecule has 0 aliphatic carbocycles. The minimum atomic E-state index is -0.575. The molecule has 0 N–H and O–H groups in total. The molecule has 2 aromatic heterocycles. The molecule has 2 aromatic carbocycles. The molecular weight excluding hydrogens is 484 g/mol. The lowest BCUT2D eigenvalue weighted by molar-refractivity contribution is 0.0909. The number of imide groups is 2. The highest BCUT2D eigenvalue weighted by Crippen LogP contribution is 2.31. The number of aromatic nitrogens is 2. The van der Waals surface area contributed by atoms with Gasteiger partial charge in [0, 0.05) is 22.5 Å². The topological polar surface area (TPSA) is 118 Å². The van der Waals surface area contributed by atoms with Crippen LogP contribution in [-0.4, -0.2) is 39.4 Å². The smallest absolute Gasteiger partial charge is 0.267 e. The molecule has 2 aliphatic rings. The first-order valence-corrected chi connectivity index (χ1v) is 11.7. The van der Waals surface area contributed by atoms with E-state index in [4.69, 9.17) is 0 Å². The minimum Gasteiger partial charge on any atom is -0.289 e. The molecule has 0 saturated heterocycles. The number of anilines is 2. The number of carbonyl (C=O) groups excluding carboxylic acids is 5. The van der Waals surface area contributed by atoms with Gasteiger partial charge >= 0.3 is 0 Å². The van der Waals surface area contributed by atoms with Gasteiger partial charge in [-0.1, -0.05) is 24.3 Å². The van der Waals surface area contributed by atoms with Gasteiger partial charge in [-0.05, 0) is 62.4 Å². The summed E-state index contributed by atoms with van der Waals surface area (Å²) in [7, 11) is 0. The third-order valence-electron chi connectivity index (χ3n) is 6.50. The van der Waals surface area contributed by atoms with E-state index >= 15 is 0 Å². The highest BCUT2D eigenvalue weighted by molar-refractivity contribution is 6.35. The number of ketones is 1. The van der Waals surface area contributed by atoms with Gasteiger partial charge in [0.1, 0.15) is 11.6 Å². The Morgan fingerprint density at radius 1 is 0.553 bits per heavy atom. The van der Waals surface area contributed by atoms with E-state index in [9.17, 15) is 24.0 Å². The second kappa shape index (κ2) is 8.38. The molecule has 4 heterocycles. The number of aryl methyl sites for hydroxylation is 2. The van der Waals surface area contributed by atoms with Gasteiger partial charge in [0.05, 0.1) is 22.3 Å². The average molecular weight is 502 g/mol. The molecule has 6 rings (SSSR count). The molecule has 0 bridgehead atoms. The molecule has 4 aromatic rings. The van der Waals surface area contributed by atoms with E-state index in [0.717, 1.165) is 9.80 Å². The summed E-state index contributed by atoms with van der Waals surface area (Å²) in [4.78, 5) is 76.0. The summed E-state index contributed by atoms with van der Waals surface area (Å²) in [6, 6.07) is 18.6. The first kappa shape index (κ1) is 23.1. The Kier molecular flexibility index (Phi) is 5.09. The van der Waals surface area contributed by atoms with E-state index in [1.54, 1.807) is 50.2 Å². The second-order valence-electron chi connectivity index (χ2n) is 9.02. The standard InChI is InChI=1S/C29H18N4O5/c1-15-5-3-7-23(30-15)32-26(35)19-11-9-17(13-21(19)28(32)37)25(34)18-10-12-20-22(14-18)29(38)33(27(20)36)24-8-4-6-16(2)31-24/h3-14H,1-2H3. The number of amides is 4. The molecule has 0 radical (unpaired) electrons. The van der Waals surface area contributed by atoms with Crippen molar-refractivity contribution in [2.45, 2.75) is 13.8 Å². The third-order valence-corrected chi connectivity index (χ3v) is 6.50. The first-order chi connectivity index (χ1) is 18.2. The third kappa shape index (κ3) is 3.44. The van der Waals surface area contributed by atoms with Crippen LogP contribution in [0.1, 0.15) is 68.7 Å². The second-order valence-corrected chi connectivity index (χ2v) is 9.02. The van der Waals surface area contributed by atoms with Gasteiger partial charge in [0.2, 0.25) is 0 Å². The lowest BCUT2D eigenvalue weighted by Crippen LogP contribution is -2.30. The predicted molar refractivity (Wildman–Crippen MR) is 137 cm³/mol. The van der Waals surface area contributed by atoms with Crippen molar-refractivity contribution in [1.29, 1.82) is 0 Å². The van der Waals surface area contributed by atoms with Crippen LogP contribution in [0.3, 0.4) is 0 Å². The van der Waals surface area contributed by atoms with E-state index in [0.29, 0.717) is 11.4 Å². The fourth-order valence-electron chi connectivity index (χ4n) is 4.65. The Morgan fingerprint density at radius 3 is 1.34 bits per heavy atom. The van der Waals surface area contributed by atoms with E-state index in [-0.39, 0.29) is 45.0 Å². The zero-order valence-corrected chi connectivity index (χ0v) is 20.3. The van der Waals surface area contributed by atoms with Crippen molar-refractivity contribution in [3.8, 4) is 0 Å². The van der Waals surface area contributed by atoms with Gasteiger partial charge in [0.25, 0.3) is 23.6 Å². The monoisotopic (exact) mass is 502 g/mol. The summed E-state index contributed by atoms with van der Waals surface area (Å²) in [5, 5.41) is 0. The summed E-state index contributed by atoms with van der Waals surface area (Å²) in [6.45, 7) is 3.51. The van der Waals surface area contributed by atoms with Crippen LogP contribution in [0, 0.1) is 13.8 Å². The summed E-state index contributed by atoms with van der Waals surface area (Å²) < 4.78 is 0. The number of rotatable bonds is 4. The van der Waals surface area contributed by atoms with Crippen LogP contribution in [-0.2, 0) is 0 Å². The molecule has 2 aliphatic heterocycles. The van der Waals surface area contributed by atoms with E-state index in [1.165, 1.54) is 36.4 Å². The van der Waals surface area contributed by atoms with Crippen LogP contribution in [0.15, 0.2) is 72.8 Å². The summed E-state index contributed by atoms with van der Waals surface area (Å²) in [5.74, 6) is -2.24. The molecule has 0 atom stereocenters. The molecule has 38 heavy (non-hydrogen) atoms. The molecular formula is C29H18N4O5. The highest BCUT2D eigenvalue weighted by atomic mass is 16.2. The maximum Gasteiger partial charge on any atom is 0.267 e. The van der Waals surface area contributed by atoms with Gasteiger partial charge in [0.15, 0.2) is 5.78 Å². The number of fused-ring (bicyclic) bond motifs is 2. The first-order valence-electron chi connectivity index (χ1n) is 11.7. The average Bonchev–Trinajstić information content (AvgIpc) is 3.31. The number of hydrogen-bond donors (Lipinski definition) is 0. The predicted octanol–water partition coefficient (Wildman–Crippen LogP) is 3.93. The van der Waals surface area contributed by atoms with Crippen LogP contribution in [0.2, 0.25) is 0 Å². The van der Waals surface area contributed by atoms with Crippen molar-refractivity contribution in [3.63, 3.8) is 0 Å². The van der Waals surface area contributed by atoms with Crippen LogP contribution >= 0.6 is 0 Å². The van der Waals surface area contributed by atoms with Gasteiger partial charge in [-0.3, -0.25) is 24.0 Å². The maximum atomic E-state index is 13.4. The Hall–Kier alpha value is -5.31. The van der Waals surface area contributed by atoms with Crippen molar-refractivity contribution >= 4 is 41.0 Å². The Labute approximate surface area is 216 Å². The molecule has 9 heteroatoms. The molecule has 184 valence electrons. The highest BCUT2D eigenvalue weighted by Gasteiger charge is 2.39. The molecule has 0 saturated carbocycles. The van der Waals surface area contributed by atoms with E-state index in [2.05, 4.69) is 9.97 Å². The van der Waals surface area contributed by atoms with Crippen molar-refractivity contribution in [1.82, 2.24) is 9.97 Å². The zero-order chi connectivity index (χ0) is 26.7. The molecule has 0 spiro atoms. The van der Waals surface area contributed by atoms with Crippen molar-refractivity contribution in [3.05, 3.63) is 118 Å². The number of nitrogens with zero attached hydrogens (tertiary/aromatic N) is 4. The molecule has 4 amide bonds. The van der Waals surface area contributed by atoms with Crippen molar-refractivity contribution in [2.24, 2.45) is 0 Å². The molecule has 0 fully saturated rings. The number of benzene rings is 2. The van der Waals surface area contributed by atoms with Crippen LogP contribution in [0.25, 0.3) is 0 Å². The normalized spacial score (nSPS) is 14.3. The zero-order valence-electron chi connectivity index (χ0n) is 20.3. The minimum absolute atomic E-state index is 0.0910. The maximum absolute atomic E-state index is 13.4. The fraction of sp³-hybridized carbons (Fsp3) is 0.0690. The van der Waals surface area contributed by atoms with Gasteiger partial charge in [-0.2, -0.15) is 0 Å². The summed E-state index contributed by atoms with van der Waals surface area (Å²) >= 11 is 0. The van der Waals surface area contributed by atoms with Crippen LogP contribution in [0.5, 0.6) is 0 Å². The van der Waals surface area contributed by atoms with Gasteiger partial charge in [-0.15, -0.1) is 0 Å². The molecule has 0 unspecified atom stereocenters. The lowest BCUT2D eigenvalue weighted by atomic mass is 9.96. The van der Waals surface area contributed by atoms with E-state index in [1.807, 2.05) is 0 Å². The van der Waals surface area contributed by atoms with Gasteiger partial charge in [-0.25, -0.2) is 19.8 Å². The number of pyridine rings is 2. The SMILES string of the molecule is Cc1cccc(N2C(=O)c3ccc(C(=O)c4ccc5c(c4)C(=O)N(c4cccc(C)n4)C5=O)cc3C2=O)n1. The van der Waals surface area contributed by atoms with Gasteiger partial charge < -0.3 is 0 Å². The van der Waals surface area contributed by atoms with Crippen LogP contribution in [0.4, 0.5) is 11.6 Å². The summed E-state index contributed by atoms with van der Waals surface area (Å²) in [5.41, 5.74) is 2.15. The Bertz CT molecular complexity index is 1630. The quantitative estimate of drug-likeness (QED) is 0.307. The lowest BCUT2D eigenvalue weighted by Gasteiger charge is -2.12. The Balaban J connectivity index is 1.32.